The largest absolute Gasteiger partial charge is 0.337 e. The van der Waals surface area contributed by atoms with Gasteiger partial charge in [-0.2, -0.15) is 5.10 Å². The van der Waals surface area contributed by atoms with Crippen molar-refractivity contribution >= 4 is 21.8 Å². The molecular formula is C19H18BrN3O. The molecule has 0 atom stereocenters. The van der Waals surface area contributed by atoms with Gasteiger partial charge in [0.25, 0.3) is 5.91 Å². The number of rotatable bonds is 4. The number of carbonyl (C=O) groups excluding carboxylic acids is 1. The highest BCUT2D eigenvalue weighted by atomic mass is 79.9. The van der Waals surface area contributed by atoms with E-state index in [0.717, 1.165) is 21.4 Å². The molecule has 0 spiro atoms. The number of aromatic nitrogens is 2. The van der Waals surface area contributed by atoms with E-state index in [2.05, 4.69) is 21.0 Å². The minimum absolute atomic E-state index is 0.0300. The van der Waals surface area contributed by atoms with Gasteiger partial charge in [0, 0.05) is 18.1 Å². The standard InChI is InChI=1S/C19H18BrN3O/c1-14-18(12-21-23(14)17-6-4-3-5-7-17)19(24)22(2)13-15-8-10-16(20)11-9-15/h3-12H,13H2,1-2H3. The van der Waals surface area contributed by atoms with Crippen molar-refractivity contribution in [1.82, 2.24) is 14.7 Å². The lowest BCUT2D eigenvalue weighted by atomic mass is 10.2. The number of para-hydroxylation sites is 1. The number of carbonyl (C=O) groups is 1. The van der Waals surface area contributed by atoms with Crippen molar-refractivity contribution in [2.45, 2.75) is 13.5 Å². The summed E-state index contributed by atoms with van der Waals surface area (Å²) in [7, 11) is 1.81. The van der Waals surface area contributed by atoms with Crippen LogP contribution in [0.5, 0.6) is 0 Å². The minimum atomic E-state index is -0.0300. The van der Waals surface area contributed by atoms with Crippen LogP contribution in [0.1, 0.15) is 21.6 Å². The topological polar surface area (TPSA) is 38.1 Å². The SMILES string of the molecule is Cc1c(C(=O)N(C)Cc2ccc(Br)cc2)cnn1-c1ccccc1. The van der Waals surface area contributed by atoms with Gasteiger partial charge in [0.2, 0.25) is 0 Å². The second-order valence-corrected chi connectivity index (χ2v) is 6.59. The van der Waals surface area contributed by atoms with Crippen LogP contribution in [-0.2, 0) is 6.54 Å². The zero-order chi connectivity index (χ0) is 17.1. The van der Waals surface area contributed by atoms with Crippen LogP contribution in [0, 0.1) is 6.92 Å². The average Bonchev–Trinajstić information content (AvgIpc) is 2.98. The smallest absolute Gasteiger partial charge is 0.257 e. The van der Waals surface area contributed by atoms with E-state index in [-0.39, 0.29) is 5.91 Å². The van der Waals surface area contributed by atoms with Gasteiger partial charge in [0.15, 0.2) is 0 Å². The zero-order valence-corrected chi connectivity index (χ0v) is 15.2. The van der Waals surface area contributed by atoms with Gasteiger partial charge in [-0.25, -0.2) is 4.68 Å². The van der Waals surface area contributed by atoms with Crippen molar-refractivity contribution in [3.8, 4) is 5.69 Å². The lowest BCUT2D eigenvalue weighted by Gasteiger charge is -2.17. The molecular weight excluding hydrogens is 366 g/mol. The molecule has 3 aromatic rings. The maximum Gasteiger partial charge on any atom is 0.257 e. The summed E-state index contributed by atoms with van der Waals surface area (Å²) in [5.74, 6) is -0.0300. The molecule has 0 saturated carbocycles. The summed E-state index contributed by atoms with van der Waals surface area (Å²) in [6.45, 7) is 2.47. The van der Waals surface area contributed by atoms with Crippen molar-refractivity contribution in [2.75, 3.05) is 7.05 Å². The van der Waals surface area contributed by atoms with Gasteiger partial charge in [-0.1, -0.05) is 46.3 Å². The Morgan fingerprint density at radius 2 is 1.79 bits per heavy atom. The van der Waals surface area contributed by atoms with E-state index in [4.69, 9.17) is 0 Å². The first-order chi connectivity index (χ1) is 11.6. The normalized spacial score (nSPS) is 10.6. The first kappa shape index (κ1) is 16.5. The van der Waals surface area contributed by atoms with Crippen molar-refractivity contribution < 1.29 is 4.79 Å². The van der Waals surface area contributed by atoms with Crippen LogP contribution in [0.25, 0.3) is 5.69 Å². The van der Waals surface area contributed by atoms with Crippen molar-refractivity contribution in [3.63, 3.8) is 0 Å². The lowest BCUT2D eigenvalue weighted by molar-refractivity contribution is 0.0784. The summed E-state index contributed by atoms with van der Waals surface area (Å²) < 4.78 is 2.82. The maximum atomic E-state index is 12.7. The number of amides is 1. The van der Waals surface area contributed by atoms with Crippen molar-refractivity contribution in [3.05, 3.63) is 82.1 Å². The Morgan fingerprint density at radius 1 is 1.12 bits per heavy atom. The number of hydrogen-bond acceptors (Lipinski definition) is 2. The second-order valence-electron chi connectivity index (χ2n) is 5.68. The van der Waals surface area contributed by atoms with Gasteiger partial charge in [-0.15, -0.1) is 0 Å². The highest BCUT2D eigenvalue weighted by Gasteiger charge is 2.18. The molecule has 1 amide bonds. The first-order valence-electron chi connectivity index (χ1n) is 7.66. The minimum Gasteiger partial charge on any atom is -0.337 e. The van der Waals surface area contributed by atoms with Gasteiger partial charge in [-0.3, -0.25) is 4.79 Å². The first-order valence-corrected chi connectivity index (χ1v) is 8.45. The molecule has 0 N–H and O–H groups in total. The Labute approximate surface area is 149 Å². The molecule has 0 unspecified atom stereocenters. The van der Waals surface area contributed by atoms with Crippen LogP contribution in [-0.4, -0.2) is 27.6 Å². The molecule has 0 aliphatic carbocycles. The van der Waals surface area contributed by atoms with Gasteiger partial charge in [0.1, 0.15) is 0 Å². The zero-order valence-electron chi connectivity index (χ0n) is 13.6. The Morgan fingerprint density at radius 3 is 2.46 bits per heavy atom. The predicted molar refractivity (Wildman–Crippen MR) is 98.2 cm³/mol. The molecule has 0 fully saturated rings. The summed E-state index contributed by atoms with van der Waals surface area (Å²) in [5, 5.41) is 4.37. The molecule has 5 heteroatoms. The van der Waals surface area contributed by atoms with Gasteiger partial charge >= 0.3 is 0 Å². The van der Waals surface area contributed by atoms with Crippen LogP contribution in [0.2, 0.25) is 0 Å². The summed E-state index contributed by atoms with van der Waals surface area (Å²) >= 11 is 3.42. The van der Waals surface area contributed by atoms with Crippen LogP contribution >= 0.6 is 15.9 Å². The fraction of sp³-hybridized carbons (Fsp3) is 0.158. The quantitative estimate of drug-likeness (QED) is 0.676. The van der Waals surface area contributed by atoms with Gasteiger partial charge in [-0.05, 0) is 36.8 Å². The van der Waals surface area contributed by atoms with Crippen molar-refractivity contribution in [2.24, 2.45) is 0 Å². The molecule has 3 rings (SSSR count). The number of nitrogens with zero attached hydrogens (tertiary/aromatic N) is 3. The highest BCUT2D eigenvalue weighted by Crippen LogP contribution is 2.17. The molecule has 122 valence electrons. The molecule has 2 aromatic carbocycles. The molecule has 0 aliphatic rings. The maximum absolute atomic E-state index is 12.7. The Bertz CT molecular complexity index is 841. The molecule has 0 bridgehead atoms. The molecule has 4 nitrogen and oxygen atoms in total. The summed E-state index contributed by atoms with van der Waals surface area (Å²) in [5.41, 5.74) is 3.50. The molecule has 1 aromatic heterocycles. The van der Waals surface area contributed by atoms with E-state index in [0.29, 0.717) is 12.1 Å². The van der Waals surface area contributed by atoms with E-state index in [9.17, 15) is 4.79 Å². The third-order valence-corrected chi connectivity index (χ3v) is 4.45. The number of hydrogen-bond donors (Lipinski definition) is 0. The van der Waals surface area contributed by atoms with Crippen LogP contribution < -0.4 is 0 Å². The molecule has 24 heavy (non-hydrogen) atoms. The Hall–Kier alpha value is -2.40. The molecule has 0 saturated heterocycles. The number of benzene rings is 2. The number of halogens is 1. The van der Waals surface area contributed by atoms with E-state index >= 15 is 0 Å². The van der Waals surface area contributed by atoms with E-state index in [1.54, 1.807) is 15.8 Å². The van der Waals surface area contributed by atoms with E-state index in [1.807, 2.05) is 68.6 Å². The Kier molecular flexibility index (Phi) is 4.81. The third kappa shape index (κ3) is 3.41. The lowest BCUT2D eigenvalue weighted by Crippen LogP contribution is -2.26. The fourth-order valence-electron chi connectivity index (χ4n) is 2.59. The van der Waals surface area contributed by atoms with Gasteiger partial charge < -0.3 is 4.90 Å². The highest BCUT2D eigenvalue weighted by molar-refractivity contribution is 9.10. The molecule has 1 heterocycles. The third-order valence-electron chi connectivity index (χ3n) is 3.92. The average molecular weight is 384 g/mol. The Balaban J connectivity index is 1.80. The van der Waals surface area contributed by atoms with Crippen LogP contribution in [0.3, 0.4) is 0 Å². The second kappa shape index (κ2) is 7.01. The summed E-state index contributed by atoms with van der Waals surface area (Å²) in [6, 6.07) is 17.8. The monoisotopic (exact) mass is 383 g/mol. The molecule has 0 radical (unpaired) electrons. The van der Waals surface area contributed by atoms with Crippen LogP contribution in [0.15, 0.2) is 65.3 Å². The summed E-state index contributed by atoms with van der Waals surface area (Å²) in [6.07, 6.45) is 1.64. The fourth-order valence-corrected chi connectivity index (χ4v) is 2.85. The van der Waals surface area contributed by atoms with Gasteiger partial charge in [0.05, 0.1) is 23.1 Å². The molecule has 0 aliphatic heterocycles. The van der Waals surface area contributed by atoms with E-state index in [1.165, 1.54) is 0 Å². The van der Waals surface area contributed by atoms with E-state index < -0.39 is 0 Å². The van der Waals surface area contributed by atoms with Crippen molar-refractivity contribution in [1.29, 1.82) is 0 Å². The van der Waals surface area contributed by atoms with Crippen LogP contribution in [0.4, 0.5) is 0 Å². The summed E-state index contributed by atoms with van der Waals surface area (Å²) in [4.78, 5) is 14.5. The predicted octanol–water partition coefficient (Wildman–Crippen LogP) is 4.22.